The largest absolute Gasteiger partial charge is 0.398 e. The van der Waals surface area contributed by atoms with Crippen LogP contribution in [0, 0.1) is 13.8 Å². The number of carbonyl (C=O) groups is 1. The first-order valence-corrected chi connectivity index (χ1v) is 5.77. The number of nitrogen functional groups attached to an aromatic ring is 2. The fourth-order valence-electron chi connectivity index (χ4n) is 2.03. The molecule has 0 radical (unpaired) electrons. The summed E-state index contributed by atoms with van der Waals surface area (Å²) >= 11 is 0. The Labute approximate surface area is 106 Å². The van der Waals surface area contributed by atoms with Crippen molar-refractivity contribution < 1.29 is 4.79 Å². The van der Waals surface area contributed by atoms with Gasteiger partial charge in [-0.05, 0) is 31.0 Å². The maximum atomic E-state index is 12.5. The van der Waals surface area contributed by atoms with Crippen LogP contribution in [-0.4, -0.2) is 5.78 Å². The second-order valence-electron chi connectivity index (χ2n) is 4.38. The number of hydrogen-bond acceptors (Lipinski definition) is 3. The van der Waals surface area contributed by atoms with Gasteiger partial charge in [0.25, 0.3) is 0 Å². The van der Waals surface area contributed by atoms with Gasteiger partial charge in [-0.25, -0.2) is 0 Å². The highest BCUT2D eigenvalue weighted by molar-refractivity contribution is 6.12. The van der Waals surface area contributed by atoms with Gasteiger partial charge in [0.2, 0.25) is 0 Å². The summed E-state index contributed by atoms with van der Waals surface area (Å²) in [5.74, 6) is -0.0374. The van der Waals surface area contributed by atoms with Gasteiger partial charge in [-0.3, -0.25) is 4.79 Å². The summed E-state index contributed by atoms with van der Waals surface area (Å²) in [5.41, 5.74) is 15.7. The Morgan fingerprint density at radius 1 is 0.944 bits per heavy atom. The molecule has 0 amide bonds. The summed E-state index contributed by atoms with van der Waals surface area (Å²) in [4.78, 5) is 12.5. The Bertz CT molecular complexity index is 577. The van der Waals surface area contributed by atoms with Gasteiger partial charge in [0.15, 0.2) is 5.78 Å². The molecule has 2 aromatic rings. The summed E-state index contributed by atoms with van der Waals surface area (Å²) in [7, 11) is 0. The van der Waals surface area contributed by atoms with E-state index in [1.54, 1.807) is 18.2 Å². The molecule has 3 nitrogen and oxygen atoms in total. The van der Waals surface area contributed by atoms with E-state index in [1.807, 2.05) is 32.0 Å². The number of benzene rings is 2. The van der Waals surface area contributed by atoms with E-state index < -0.39 is 0 Å². The van der Waals surface area contributed by atoms with E-state index in [1.165, 1.54) is 0 Å². The predicted octanol–water partition coefficient (Wildman–Crippen LogP) is 2.70. The Kier molecular flexibility index (Phi) is 3.06. The molecule has 0 saturated carbocycles. The van der Waals surface area contributed by atoms with Gasteiger partial charge in [0.05, 0.1) is 0 Å². The van der Waals surface area contributed by atoms with E-state index in [4.69, 9.17) is 11.5 Å². The average Bonchev–Trinajstić information content (AvgIpc) is 2.37. The van der Waals surface area contributed by atoms with Crippen LogP contribution >= 0.6 is 0 Å². The molecule has 18 heavy (non-hydrogen) atoms. The lowest BCUT2D eigenvalue weighted by Crippen LogP contribution is -2.10. The lowest BCUT2D eigenvalue weighted by atomic mass is 9.93. The first kappa shape index (κ1) is 12.2. The summed E-state index contributed by atoms with van der Waals surface area (Å²) in [6.07, 6.45) is 0. The molecule has 0 heterocycles. The van der Waals surface area contributed by atoms with Crippen molar-refractivity contribution in [2.45, 2.75) is 13.8 Å². The Balaban J connectivity index is 2.62. The molecule has 0 bridgehead atoms. The number of hydrogen-bond donors (Lipinski definition) is 2. The number of rotatable bonds is 2. The molecule has 0 atom stereocenters. The number of nitrogens with two attached hydrogens (primary N) is 2. The molecule has 92 valence electrons. The third-order valence-corrected chi connectivity index (χ3v) is 3.19. The zero-order valence-corrected chi connectivity index (χ0v) is 10.5. The fourth-order valence-corrected chi connectivity index (χ4v) is 2.03. The van der Waals surface area contributed by atoms with Gasteiger partial charge in [-0.1, -0.05) is 30.3 Å². The Hall–Kier alpha value is -2.29. The minimum absolute atomic E-state index is 0.0374. The molecule has 0 aromatic heterocycles. The van der Waals surface area contributed by atoms with Crippen LogP contribution in [0.15, 0.2) is 36.4 Å². The summed E-state index contributed by atoms with van der Waals surface area (Å²) in [6.45, 7) is 3.69. The SMILES string of the molecule is Cc1c(N)cc(N)c(C)c1C(=O)c1ccccc1. The lowest BCUT2D eigenvalue weighted by Gasteiger charge is -2.13. The monoisotopic (exact) mass is 240 g/mol. The smallest absolute Gasteiger partial charge is 0.193 e. The van der Waals surface area contributed by atoms with Crippen LogP contribution in [0.5, 0.6) is 0 Å². The van der Waals surface area contributed by atoms with Crippen LogP contribution in [0.4, 0.5) is 11.4 Å². The third kappa shape index (κ3) is 1.95. The zero-order chi connectivity index (χ0) is 13.3. The molecule has 0 fully saturated rings. The molecule has 0 aliphatic carbocycles. The van der Waals surface area contributed by atoms with Crippen molar-refractivity contribution >= 4 is 17.2 Å². The first-order valence-electron chi connectivity index (χ1n) is 5.77. The highest BCUT2D eigenvalue weighted by Gasteiger charge is 2.17. The van der Waals surface area contributed by atoms with Crippen molar-refractivity contribution in [1.82, 2.24) is 0 Å². The normalized spacial score (nSPS) is 10.3. The zero-order valence-electron chi connectivity index (χ0n) is 10.5. The van der Waals surface area contributed by atoms with E-state index in [9.17, 15) is 4.79 Å². The van der Waals surface area contributed by atoms with Crippen LogP contribution in [0.3, 0.4) is 0 Å². The van der Waals surface area contributed by atoms with Gasteiger partial charge in [0.1, 0.15) is 0 Å². The van der Waals surface area contributed by atoms with Crippen LogP contribution < -0.4 is 11.5 Å². The second-order valence-corrected chi connectivity index (χ2v) is 4.38. The highest BCUT2D eigenvalue weighted by Crippen LogP contribution is 2.27. The van der Waals surface area contributed by atoms with Gasteiger partial charge in [0, 0.05) is 22.5 Å². The quantitative estimate of drug-likeness (QED) is 0.626. The van der Waals surface area contributed by atoms with Crippen molar-refractivity contribution in [3.63, 3.8) is 0 Å². The van der Waals surface area contributed by atoms with Crippen LogP contribution in [0.25, 0.3) is 0 Å². The molecular formula is C15H16N2O. The Morgan fingerprint density at radius 2 is 1.44 bits per heavy atom. The molecule has 2 rings (SSSR count). The lowest BCUT2D eigenvalue weighted by molar-refractivity contribution is 0.103. The maximum absolute atomic E-state index is 12.5. The highest BCUT2D eigenvalue weighted by atomic mass is 16.1. The molecule has 3 heteroatoms. The average molecular weight is 240 g/mol. The van der Waals surface area contributed by atoms with Gasteiger partial charge in [-0.15, -0.1) is 0 Å². The number of carbonyl (C=O) groups excluding carboxylic acids is 1. The molecule has 0 aliphatic heterocycles. The molecule has 0 saturated heterocycles. The predicted molar refractivity (Wildman–Crippen MR) is 74.6 cm³/mol. The van der Waals surface area contributed by atoms with E-state index in [-0.39, 0.29) is 5.78 Å². The number of ketones is 1. The van der Waals surface area contributed by atoms with Gasteiger partial charge in [-0.2, -0.15) is 0 Å². The van der Waals surface area contributed by atoms with E-state index in [0.29, 0.717) is 22.5 Å². The van der Waals surface area contributed by atoms with Gasteiger partial charge < -0.3 is 11.5 Å². The van der Waals surface area contributed by atoms with Crippen LogP contribution in [-0.2, 0) is 0 Å². The first-order chi connectivity index (χ1) is 8.52. The van der Waals surface area contributed by atoms with E-state index in [2.05, 4.69) is 0 Å². The van der Waals surface area contributed by atoms with Crippen molar-refractivity contribution in [2.75, 3.05) is 11.5 Å². The molecule has 4 N–H and O–H groups in total. The summed E-state index contributed by atoms with van der Waals surface area (Å²) in [5, 5.41) is 0. The fraction of sp³-hybridized carbons (Fsp3) is 0.133. The Morgan fingerprint density at radius 3 is 1.94 bits per heavy atom. The topological polar surface area (TPSA) is 69.1 Å². The molecule has 0 spiro atoms. The summed E-state index contributed by atoms with van der Waals surface area (Å²) in [6, 6.07) is 10.8. The molecule has 2 aromatic carbocycles. The minimum atomic E-state index is -0.0374. The van der Waals surface area contributed by atoms with Gasteiger partial charge >= 0.3 is 0 Å². The summed E-state index contributed by atoms with van der Waals surface area (Å²) < 4.78 is 0. The van der Waals surface area contributed by atoms with Crippen molar-refractivity contribution in [1.29, 1.82) is 0 Å². The molecule has 0 unspecified atom stereocenters. The maximum Gasteiger partial charge on any atom is 0.193 e. The molecular weight excluding hydrogens is 224 g/mol. The van der Waals surface area contributed by atoms with Crippen LogP contribution in [0.1, 0.15) is 27.0 Å². The minimum Gasteiger partial charge on any atom is -0.398 e. The van der Waals surface area contributed by atoms with E-state index in [0.717, 1.165) is 11.1 Å². The third-order valence-electron chi connectivity index (χ3n) is 3.19. The van der Waals surface area contributed by atoms with Crippen molar-refractivity contribution in [3.8, 4) is 0 Å². The van der Waals surface area contributed by atoms with Crippen molar-refractivity contribution in [2.24, 2.45) is 0 Å². The standard InChI is InChI=1S/C15H16N2O/c1-9-12(16)8-13(17)10(2)14(9)15(18)11-6-4-3-5-7-11/h3-8H,16-17H2,1-2H3. The second kappa shape index (κ2) is 4.53. The molecule has 0 aliphatic rings. The van der Waals surface area contributed by atoms with E-state index >= 15 is 0 Å². The van der Waals surface area contributed by atoms with Crippen LogP contribution in [0.2, 0.25) is 0 Å². The number of anilines is 2. The van der Waals surface area contributed by atoms with Crippen molar-refractivity contribution in [3.05, 3.63) is 58.7 Å².